The molecule has 0 bridgehead atoms. The fourth-order valence-electron chi connectivity index (χ4n) is 1.83. The third-order valence-corrected chi connectivity index (χ3v) is 2.61. The quantitative estimate of drug-likeness (QED) is 0.701. The molecule has 0 spiro atoms. The van der Waals surface area contributed by atoms with Crippen molar-refractivity contribution in [2.24, 2.45) is 0 Å². The number of carbonyl (C=O) groups is 1. The fourth-order valence-corrected chi connectivity index (χ4v) is 1.83. The zero-order valence-electron chi connectivity index (χ0n) is 8.82. The van der Waals surface area contributed by atoms with Gasteiger partial charge in [-0.2, -0.15) is 5.26 Å². The number of nitrogens with zero attached hydrogens (tertiary/aromatic N) is 4. The molecule has 0 radical (unpaired) electrons. The van der Waals surface area contributed by atoms with E-state index in [4.69, 9.17) is 10.4 Å². The molecular formula is C10H10N4O3. The van der Waals surface area contributed by atoms with E-state index in [0.29, 0.717) is 5.82 Å². The van der Waals surface area contributed by atoms with Gasteiger partial charge in [-0.1, -0.05) is 0 Å². The van der Waals surface area contributed by atoms with Gasteiger partial charge in [0.1, 0.15) is 17.9 Å². The number of nitriles is 1. The Morgan fingerprint density at radius 1 is 1.53 bits per heavy atom. The predicted octanol–water partition coefficient (Wildman–Crippen LogP) is -0.628. The van der Waals surface area contributed by atoms with E-state index in [1.807, 2.05) is 6.07 Å². The Hall–Kier alpha value is -2.20. The van der Waals surface area contributed by atoms with E-state index in [2.05, 4.69) is 9.97 Å². The van der Waals surface area contributed by atoms with Crippen molar-refractivity contribution in [1.82, 2.24) is 9.97 Å². The van der Waals surface area contributed by atoms with Gasteiger partial charge in [0.05, 0.1) is 18.5 Å². The molecule has 1 aromatic heterocycles. The zero-order valence-corrected chi connectivity index (χ0v) is 8.82. The van der Waals surface area contributed by atoms with Crippen LogP contribution in [-0.4, -0.2) is 44.8 Å². The maximum Gasteiger partial charge on any atom is 0.326 e. The summed E-state index contributed by atoms with van der Waals surface area (Å²) in [7, 11) is 0. The number of carboxylic acids is 1. The largest absolute Gasteiger partial charge is 0.480 e. The van der Waals surface area contributed by atoms with E-state index in [1.165, 1.54) is 17.3 Å². The molecule has 1 fully saturated rings. The molecule has 2 atom stereocenters. The highest BCUT2D eigenvalue weighted by molar-refractivity contribution is 5.78. The number of carboxylic acid groups (broad SMARTS) is 1. The molecule has 1 aliphatic heterocycles. The fraction of sp³-hybridized carbons (Fsp3) is 0.400. The monoisotopic (exact) mass is 234 g/mol. The highest BCUT2D eigenvalue weighted by atomic mass is 16.4. The Morgan fingerprint density at radius 3 is 2.82 bits per heavy atom. The molecule has 0 saturated carbocycles. The van der Waals surface area contributed by atoms with Crippen molar-refractivity contribution in [1.29, 1.82) is 5.26 Å². The van der Waals surface area contributed by atoms with Crippen molar-refractivity contribution >= 4 is 11.8 Å². The Labute approximate surface area is 97.0 Å². The van der Waals surface area contributed by atoms with Gasteiger partial charge in [-0.3, -0.25) is 0 Å². The van der Waals surface area contributed by atoms with E-state index in [-0.39, 0.29) is 18.7 Å². The molecule has 1 aliphatic rings. The van der Waals surface area contributed by atoms with Crippen LogP contribution in [-0.2, 0) is 4.79 Å². The second kappa shape index (κ2) is 4.35. The van der Waals surface area contributed by atoms with Gasteiger partial charge in [0.25, 0.3) is 0 Å². The van der Waals surface area contributed by atoms with Crippen molar-refractivity contribution in [3.8, 4) is 6.07 Å². The van der Waals surface area contributed by atoms with Gasteiger partial charge in [-0.25, -0.2) is 14.8 Å². The molecule has 2 rings (SSSR count). The van der Waals surface area contributed by atoms with Crippen LogP contribution in [0.4, 0.5) is 5.82 Å². The summed E-state index contributed by atoms with van der Waals surface area (Å²) in [6.07, 6.45) is 2.09. The first-order chi connectivity index (χ1) is 8.11. The Bertz CT molecular complexity index is 467. The maximum absolute atomic E-state index is 11.0. The van der Waals surface area contributed by atoms with Crippen molar-refractivity contribution < 1.29 is 15.0 Å². The van der Waals surface area contributed by atoms with Crippen LogP contribution in [0.5, 0.6) is 0 Å². The lowest BCUT2D eigenvalue weighted by molar-refractivity contribution is -0.138. The Balaban J connectivity index is 2.26. The highest BCUT2D eigenvalue weighted by Crippen LogP contribution is 2.23. The van der Waals surface area contributed by atoms with Crippen molar-refractivity contribution in [2.75, 3.05) is 11.4 Å². The van der Waals surface area contributed by atoms with E-state index < -0.39 is 18.1 Å². The summed E-state index contributed by atoms with van der Waals surface area (Å²) in [6, 6.07) is 1.03. The highest BCUT2D eigenvalue weighted by Gasteiger charge is 2.36. The summed E-state index contributed by atoms with van der Waals surface area (Å²) in [6.45, 7) is 0.206. The third-order valence-electron chi connectivity index (χ3n) is 2.61. The van der Waals surface area contributed by atoms with E-state index in [0.717, 1.165) is 0 Å². The minimum absolute atomic E-state index is 0.164. The van der Waals surface area contributed by atoms with Gasteiger partial charge in [-0.05, 0) is 0 Å². The van der Waals surface area contributed by atoms with E-state index in [1.54, 1.807) is 0 Å². The number of aliphatic carboxylic acids is 1. The first kappa shape index (κ1) is 11.3. The number of anilines is 1. The standard InChI is InChI=1S/C10H10N4O3/c11-2-6-3-13-9(4-12-6)14-5-7(15)1-8(14)10(16)17/h3-4,7-8,15H,1,5H2,(H,16,17). The average Bonchev–Trinajstić information content (AvgIpc) is 2.72. The Kier molecular flexibility index (Phi) is 2.89. The molecule has 7 heteroatoms. The van der Waals surface area contributed by atoms with Gasteiger partial charge in [-0.15, -0.1) is 0 Å². The van der Waals surface area contributed by atoms with Crippen LogP contribution in [0.25, 0.3) is 0 Å². The molecule has 7 nitrogen and oxygen atoms in total. The molecule has 17 heavy (non-hydrogen) atoms. The number of aromatic nitrogens is 2. The van der Waals surface area contributed by atoms with Crippen LogP contribution in [0.1, 0.15) is 12.1 Å². The molecule has 1 saturated heterocycles. The molecule has 88 valence electrons. The number of aliphatic hydroxyl groups is 1. The number of hydrogen-bond donors (Lipinski definition) is 2. The van der Waals surface area contributed by atoms with E-state index in [9.17, 15) is 9.90 Å². The topological polar surface area (TPSA) is 110 Å². The van der Waals surface area contributed by atoms with Gasteiger partial charge in [0.15, 0.2) is 5.69 Å². The van der Waals surface area contributed by atoms with Gasteiger partial charge < -0.3 is 15.1 Å². The molecule has 0 aromatic carbocycles. The van der Waals surface area contributed by atoms with Crippen LogP contribution >= 0.6 is 0 Å². The summed E-state index contributed by atoms with van der Waals surface area (Å²) in [5.74, 6) is -0.652. The molecule has 2 N–H and O–H groups in total. The number of β-amino-alcohol motifs (C(OH)–C–C–N with tert-alkyl or cyclic N) is 1. The lowest BCUT2D eigenvalue weighted by atomic mass is 10.2. The number of hydrogen-bond acceptors (Lipinski definition) is 6. The lowest BCUT2D eigenvalue weighted by Crippen LogP contribution is -2.36. The van der Waals surface area contributed by atoms with Gasteiger partial charge >= 0.3 is 5.97 Å². The predicted molar refractivity (Wildman–Crippen MR) is 56.1 cm³/mol. The van der Waals surface area contributed by atoms with Crippen LogP contribution < -0.4 is 4.90 Å². The van der Waals surface area contributed by atoms with Crippen LogP contribution in [0.2, 0.25) is 0 Å². The smallest absolute Gasteiger partial charge is 0.326 e. The summed E-state index contributed by atoms with van der Waals surface area (Å²) in [4.78, 5) is 20.3. The number of rotatable bonds is 2. The van der Waals surface area contributed by atoms with Crippen molar-refractivity contribution in [2.45, 2.75) is 18.6 Å². The molecule has 0 aliphatic carbocycles. The average molecular weight is 234 g/mol. The second-order valence-corrected chi connectivity index (χ2v) is 3.77. The van der Waals surface area contributed by atoms with E-state index >= 15 is 0 Å². The van der Waals surface area contributed by atoms with Crippen LogP contribution in [0.15, 0.2) is 12.4 Å². The van der Waals surface area contributed by atoms with Gasteiger partial charge in [0.2, 0.25) is 0 Å². The zero-order chi connectivity index (χ0) is 12.4. The first-order valence-electron chi connectivity index (χ1n) is 5.01. The summed E-state index contributed by atoms with van der Waals surface area (Å²) in [5.41, 5.74) is 0.167. The summed E-state index contributed by atoms with van der Waals surface area (Å²) >= 11 is 0. The summed E-state index contributed by atoms with van der Waals surface area (Å²) in [5, 5.41) is 27.1. The minimum atomic E-state index is -1.01. The molecular weight excluding hydrogens is 224 g/mol. The normalized spacial score (nSPS) is 23.4. The van der Waals surface area contributed by atoms with Crippen molar-refractivity contribution in [3.05, 3.63) is 18.1 Å². The third kappa shape index (κ3) is 2.16. The SMILES string of the molecule is N#Cc1cnc(N2CC(O)CC2C(=O)O)cn1. The maximum atomic E-state index is 11.0. The van der Waals surface area contributed by atoms with Gasteiger partial charge in [0, 0.05) is 13.0 Å². The van der Waals surface area contributed by atoms with Crippen LogP contribution in [0.3, 0.4) is 0 Å². The second-order valence-electron chi connectivity index (χ2n) is 3.77. The number of aliphatic hydroxyl groups excluding tert-OH is 1. The first-order valence-corrected chi connectivity index (χ1v) is 5.01. The lowest BCUT2D eigenvalue weighted by Gasteiger charge is -2.21. The molecule has 2 heterocycles. The Morgan fingerprint density at radius 2 is 2.29 bits per heavy atom. The minimum Gasteiger partial charge on any atom is -0.480 e. The molecule has 2 unspecified atom stereocenters. The van der Waals surface area contributed by atoms with Crippen molar-refractivity contribution in [3.63, 3.8) is 0 Å². The molecule has 0 amide bonds. The molecule has 1 aromatic rings. The summed E-state index contributed by atoms with van der Waals surface area (Å²) < 4.78 is 0. The van der Waals surface area contributed by atoms with Crippen LogP contribution in [0, 0.1) is 11.3 Å².